The highest BCUT2D eigenvalue weighted by atomic mass is 19.2. The largest absolute Gasteiger partial charge is 0.339 e. The van der Waals surface area contributed by atoms with Gasteiger partial charge in [-0.1, -0.05) is 25.9 Å². The molecule has 114 valence electrons. The molecule has 2 rings (SSSR count). The quantitative estimate of drug-likeness (QED) is 0.886. The van der Waals surface area contributed by atoms with Gasteiger partial charge in [0.1, 0.15) is 0 Å². The molecule has 0 fully saturated rings. The fraction of sp³-hybridized carbons (Fsp3) is 0.467. The van der Waals surface area contributed by atoms with Gasteiger partial charge in [0.15, 0.2) is 11.6 Å². The summed E-state index contributed by atoms with van der Waals surface area (Å²) < 4.78 is 31.4. The van der Waals surface area contributed by atoms with Crippen LogP contribution in [0.5, 0.6) is 0 Å². The number of halogens is 2. The number of rotatable bonds is 6. The normalized spacial score (nSPS) is 14.1. The fourth-order valence-electron chi connectivity index (χ4n) is 2.28. The molecule has 0 aliphatic heterocycles. The molecular weight excluding hydrogens is 276 g/mol. The number of hydrogen-bond acceptors (Lipinski definition) is 4. The van der Waals surface area contributed by atoms with Crippen LogP contribution in [0.2, 0.25) is 0 Å². The summed E-state index contributed by atoms with van der Waals surface area (Å²) in [7, 11) is 0. The van der Waals surface area contributed by atoms with Crippen LogP contribution in [0, 0.1) is 11.6 Å². The van der Waals surface area contributed by atoms with Gasteiger partial charge in [-0.3, -0.25) is 0 Å². The zero-order valence-corrected chi connectivity index (χ0v) is 12.4. The van der Waals surface area contributed by atoms with Crippen LogP contribution in [-0.2, 0) is 0 Å². The van der Waals surface area contributed by atoms with Gasteiger partial charge in [-0.05, 0) is 31.2 Å². The first kappa shape index (κ1) is 15.6. The van der Waals surface area contributed by atoms with Crippen molar-refractivity contribution in [2.75, 3.05) is 6.54 Å². The van der Waals surface area contributed by atoms with E-state index in [0.717, 1.165) is 25.1 Å². The molecule has 0 saturated carbocycles. The number of nitrogens with one attached hydrogen (secondary N) is 1. The Morgan fingerprint density at radius 1 is 1.24 bits per heavy atom. The minimum Gasteiger partial charge on any atom is -0.339 e. The number of benzene rings is 1. The Bertz CT molecular complexity index is 600. The number of hydrogen-bond donors (Lipinski definition) is 1. The van der Waals surface area contributed by atoms with Gasteiger partial charge in [0.25, 0.3) is 0 Å². The van der Waals surface area contributed by atoms with Crippen LogP contribution in [-0.4, -0.2) is 22.7 Å². The van der Waals surface area contributed by atoms with Gasteiger partial charge in [0, 0.05) is 11.6 Å². The number of nitrogens with zero attached hydrogens (tertiary/aromatic N) is 2. The zero-order valence-electron chi connectivity index (χ0n) is 12.4. The molecule has 4 nitrogen and oxygen atoms in total. The molecule has 1 N–H and O–H groups in total. The van der Waals surface area contributed by atoms with E-state index >= 15 is 0 Å². The van der Waals surface area contributed by atoms with Crippen molar-refractivity contribution >= 4 is 0 Å². The molecule has 1 heterocycles. The molecule has 21 heavy (non-hydrogen) atoms. The van der Waals surface area contributed by atoms with Crippen LogP contribution in [0.15, 0.2) is 22.7 Å². The topological polar surface area (TPSA) is 51.0 Å². The second-order valence-electron chi connectivity index (χ2n) is 4.95. The lowest BCUT2D eigenvalue weighted by molar-refractivity contribution is 0.321. The van der Waals surface area contributed by atoms with Crippen molar-refractivity contribution in [1.29, 1.82) is 0 Å². The van der Waals surface area contributed by atoms with Gasteiger partial charge >= 0.3 is 0 Å². The second kappa shape index (κ2) is 6.76. The average Bonchev–Trinajstić information content (AvgIpc) is 2.96. The monoisotopic (exact) mass is 295 g/mol. The third-order valence-electron chi connectivity index (χ3n) is 3.52. The molecule has 2 aromatic rings. The summed E-state index contributed by atoms with van der Waals surface area (Å²) >= 11 is 0. The predicted octanol–water partition coefficient (Wildman–Crippen LogP) is 3.51. The molecule has 1 aromatic carbocycles. The molecular formula is C15H19F2N3O. The van der Waals surface area contributed by atoms with E-state index in [4.69, 9.17) is 4.52 Å². The third-order valence-corrected chi connectivity index (χ3v) is 3.52. The van der Waals surface area contributed by atoms with Crippen molar-refractivity contribution in [1.82, 2.24) is 15.5 Å². The van der Waals surface area contributed by atoms with Crippen molar-refractivity contribution in [2.24, 2.45) is 0 Å². The van der Waals surface area contributed by atoms with Crippen LogP contribution >= 0.6 is 0 Å². The summed E-state index contributed by atoms with van der Waals surface area (Å²) in [4.78, 5) is 4.30. The standard InChI is InChI=1S/C15H19F2N3O/c1-4-13(18-5-2)9(3)15-19-14(20-21-15)10-6-7-11(16)12(17)8-10/h6-9,13,18H,4-5H2,1-3H3. The predicted molar refractivity (Wildman–Crippen MR) is 75.8 cm³/mol. The van der Waals surface area contributed by atoms with Crippen LogP contribution in [0.4, 0.5) is 8.78 Å². The molecule has 0 aliphatic rings. The molecule has 0 amide bonds. The van der Waals surface area contributed by atoms with Gasteiger partial charge in [-0.2, -0.15) is 4.98 Å². The van der Waals surface area contributed by atoms with Crippen molar-refractivity contribution in [3.63, 3.8) is 0 Å². The molecule has 2 unspecified atom stereocenters. The first-order chi connectivity index (χ1) is 10.1. The molecule has 0 bridgehead atoms. The Labute approximate surface area is 122 Å². The summed E-state index contributed by atoms with van der Waals surface area (Å²) in [6, 6.07) is 3.78. The van der Waals surface area contributed by atoms with E-state index in [1.54, 1.807) is 0 Å². The maximum Gasteiger partial charge on any atom is 0.231 e. The second-order valence-corrected chi connectivity index (χ2v) is 4.95. The van der Waals surface area contributed by atoms with E-state index in [-0.39, 0.29) is 17.8 Å². The SMILES string of the molecule is CCNC(CC)C(C)c1nc(-c2ccc(F)c(F)c2)no1. The van der Waals surface area contributed by atoms with Gasteiger partial charge in [0.05, 0.1) is 5.92 Å². The number of aromatic nitrogens is 2. The van der Waals surface area contributed by atoms with Crippen LogP contribution in [0.25, 0.3) is 11.4 Å². The Kier molecular flexibility index (Phi) is 5.01. The van der Waals surface area contributed by atoms with Gasteiger partial charge in [0.2, 0.25) is 11.7 Å². The Morgan fingerprint density at radius 2 is 2.00 bits per heavy atom. The Balaban J connectivity index is 2.22. The maximum atomic E-state index is 13.2. The summed E-state index contributed by atoms with van der Waals surface area (Å²) in [5, 5.41) is 7.21. The van der Waals surface area contributed by atoms with Gasteiger partial charge in [-0.25, -0.2) is 8.78 Å². The lowest BCUT2D eigenvalue weighted by atomic mass is 9.99. The highest BCUT2D eigenvalue weighted by molar-refractivity contribution is 5.54. The van der Waals surface area contributed by atoms with Crippen molar-refractivity contribution in [3.8, 4) is 11.4 Å². The third kappa shape index (κ3) is 3.44. The average molecular weight is 295 g/mol. The van der Waals surface area contributed by atoms with Crippen LogP contribution < -0.4 is 5.32 Å². The summed E-state index contributed by atoms with van der Waals surface area (Å²) in [6.45, 7) is 6.97. The highest BCUT2D eigenvalue weighted by Crippen LogP contribution is 2.24. The molecule has 6 heteroatoms. The van der Waals surface area contributed by atoms with E-state index in [1.807, 2.05) is 13.8 Å². The van der Waals surface area contributed by atoms with Crippen molar-refractivity contribution < 1.29 is 13.3 Å². The Hall–Kier alpha value is -1.82. The molecule has 1 aromatic heterocycles. The number of likely N-dealkylation sites (N-methyl/N-ethyl adjacent to an activating group) is 1. The first-order valence-corrected chi connectivity index (χ1v) is 7.09. The zero-order chi connectivity index (χ0) is 15.4. The van der Waals surface area contributed by atoms with E-state index < -0.39 is 11.6 Å². The van der Waals surface area contributed by atoms with E-state index in [2.05, 4.69) is 22.4 Å². The summed E-state index contributed by atoms with van der Waals surface area (Å²) in [5.74, 6) is -1.02. The van der Waals surface area contributed by atoms with E-state index in [1.165, 1.54) is 6.07 Å². The fourth-order valence-corrected chi connectivity index (χ4v) is 2.28. The Morgan fingerprint density at radius 3 is 2.62 bits per heavy atom. The van der Waals surface area contributed by atoms with Crippen molar-refractivity contribution in [3.05, 3.63) is 35.7 Å². The minimum absolute atomic E-state index is 0.0431. The van der Waals surface area contributed by atoms with E-state index in [0.29, 0.717) is 11.5 Å². The smallest absolute Gasteiger partial charge is 0.231 e. The molecule has 0 spiro atoms. The van der Waals surface area contributed by atoms with Gasteiger partial charge in [-0.15, -0.1) is 0 Å². The van der Waals surface area contributed by atoms with Crippen LogP contribution in [0.3, 0.4) is 0 Å². The van der Waals surface area contributed by atoms with Crippen molar-refractivity contribution in [2.45, 2.75) is 39.2 Å². The van der Waals surface area contributed by atoms with Crippen LogP contribution in [0.1, 0.15) is 39.0 Å². The maximum absolute atomic E-state index is 13.2. The van der Waals surface area contributed by atoms with Gasteiger partial charge < -0.3 is 9.84 Å². The van der Waals surface area contributed by atoms with E-state index in [9.17, 15) is 8.78 Å². The summed E-state index contributed by atoms with van der Waals surface area (Å²) in [5.41, 5.74) is 0.396. The first-order valence-electron chi connectivity index (χ1n) is 7.09. The molecule has 2 atom stereocenters. The minimum atomic E-state index is -0.925. The summed E-state index contributed by atoms with van der Waals surface area (Å²) in [6.07, 6.45) is 0.928. The lowest BCUT2D eigenvalue weighted by Crippen LogP contribution is -2.33. The highest BCUT2D eigenvalue weighted by Gasteiger charge is 2.22. The molecule has 0 saturated heterocycles. The lowest BCUT2D eigenvalue weighted by Gasteiger charge is -2.20. The molecule has 0 aliphatic carbocycles. The molecule has 0 radical (unpaired) electrons.